The zero-order chi connectivity index (χ0) is 9.52. The summed E-state index contributed by atoms with van der Waals surface area (Å²) in [6, 6.07) is 0. The van der Waals surface area contributed by atoms with E-state index in [4.69, 9.17) is 0 Å². The van der Waals surface area contributed by atoms with Gasteiger partial charge in [-0.05, 0) is 38.8 Å². The predicted octanol–water partition coefficient (Wildman–Crippen LogP) is 3.29. The first-order valence-electron chi connectivity index (χ1n) is 4.78. The van der Waals surface area contributed by atoms with E-state index in [1.54, 1.807) is 0 Å². The fourth-order valence-electron chi connectivity index (χ4n) is 1.28. The van der Waals surface area contributed by atoms with Gasteiger partial charge in [0.15, 0.2) is 0 Å². The summed E-state index contributed by atoms with van der Waals surface area (Å²) in [5, 5.41) is 3.39. The first-order chi connectivity index (χ1) is 6.36. The van der Waals surface area contributed by atoms with Gasteiger partial charge in [0.25, 0.3) is 0 Å². The van der Waals surface area contributed by atoms with Crippen LogP contribution in [0.3, 0.4) is 0 Å². The highest BCUT2D eigenvalue weighted by molar-refractivity contribution is 5.25. The van der Waals surface area contributed by atoms with Crippen LogP contribution in [0.1, 0.15) is 26.7 Å². The molecule has 0 unspecified atom stereocenters. The topological polar surface area (TPSA) is 12.0 Å². The van der Waals surface area contributed by atoms with Gasteiger partial charge in [0, 0.05) is 11.4 Å². The first kappa shape index (κ1) is 9.85. The Morgan fingerprint density at radius 3 is 2.85 bits per heavy atom. The van der Waals surface area contributed by atoms with E-state index in [0.717, 1.165) is 12.8 Å². The maximum Gasteiger partial charge on any atom is 0.0335 e. The Morgan fingerprint density at radius 1 is 1.46 bits per heavy atom. The van der Waals surface area contributed by atoms with E-state index in [2.05, 4.69) is 35.7 Å². The van der Waals surface area contributed by atoms with Crippen molar-refractivity contribution < 1.29 is 0 Å². The Kier molecular flexibility index (Phi) is 4.10. The molecule has 1 aliphatic rings. The van der Waals surface area contributed by atoms with Crippen LogP contribution in [0, 0.1) is 0 Å². The largest absolute Gasteiger partial charge is 0.359 e. The van der Waals surface area contributed by atoms with Crippen LogP contribution in [0.4, 0.5) is 0 Å². The highest BCUT2D eigenvalue weighted by Crippen LogP contribution is 2.10. The van der Waals surface area contributed by atoms with E-state index in [1.807, 2.05) is 19.9 Å². The van der Waals surface area contributed by atoms with E-state index in [0.29, 0.717) is 0 Å². The second-order valence-electron chi connectivity index (χ2n) is 3.03. The second kappa shape index (κ2) is 5.41. The number of allylic oxidation sites excluding steroid dienone is 7. The maximum absolute atomic E-state index is 3.39. The van der Waals surface area contributed by atoms with Gasteiger partial charge in [-0.2, -0.15) is 0 Å². The monoisotopic (exact) mass is 175 g/mol. The van der Waals surface area contributed by atoms with Gasteiger partial charge >= 0.3 is 0 Å². The van der Waals surface area contributed by atoms with Crippen LogP contribution in [0.2, 0.25) is 0 Å². The minimum atomic E-state index is 1.12. The molecule has 0 radical (unpaired) electrons. The molecule has 13 heavy (non-hydrogen) atoms. The molecule has 0 aromatic rings. The number of hydrogen-bond acceptors (Lipinski definition) is 1. The van der Waals surface area contributed by atoms with Gasteiger partial charge in [-0.15, -0.1) is 0 Å². The first-order valence-corrected chi connectivity index (χ1v) is 4.78. The Balaban J connectivity index is 2.56. The molecule has 70 valence electrons. The van der Waals surface area contributed by atoms with Crippen molar-refractivity contribution >= 4 is 0 Å². The lowest BCUT2D eigenvalue weighted by Gasteiger charge is -2.12. The Morgan fingerprint density at radius 2 is 2.31 bits per heavy atom. The van der Waals surface area contributed by atoms with Crippen LogP contribution in [-0.4, -0.2) is 0 Å². The van der Waals surface area contributed by atoms with Crippen LogP contribution in [0.5, 0.6) is 0 Å². The highest BCUT2D eigenvalue weighted by Gasteiger charge is 1.98. The normalized spacial score (nSPS) is 17.7. The standard InChI is InChI=1S/C12H17N/c1-3-8-11(4-2)13-12-9-6-5-7-10-12/h3-6,8-9,13H,7,10H2,1-2H3/b8-3-,11-4+. The summed E-state index contributed by atoms with van der Waals surface area (Å²) in [6.45, 7) is 4.07. The summed E-state index contributed by atoms with van der Waals surface area (Å²) >= 11 is 0. The molecule has 1 nitrogen and oxygen atoms in total. The molecule has 1 rings (SSSR count). The van der Waals surface area contributed by atoms with E-state index < -0.39 is 0 Å². The lowest BCUT2D eigenvalue weighted by atomic mass is 10.1. The predicted molar refractivity (Wildman–Crippen MR) is 58.2 cm³/mol. The molecular weight excluding hydrogens is 158 g/mol. The molecule has 0 saturated heterocycles. The summed E-state index contributed by atoms with van der Waals surface area (Å²) in [5.41, 5.74) is 2.47. The second-order valence-corrected chi connectivity index (χ2v) is 3.03. The van der Waals surface area contributed by atoms with Crippen molar-refractivity contribution in [2.75, 3.05) is 0 Å². The van der Waals surface area contributed by atoms with Gasteiger partial charge in [-0.3, -0.25) is 0 Å². The molecule has 0 heterocycles. The zero-order valence-electron chi connectivity index (χ0n) is 8.38. The number of nitrogens with one attached hydrogen (secondary N) is 1. The highest BCUT2D eigenvalue weighted by atomic mass is 14.9. The quantitative estimate of drug-likeness (QED) is 0.649. The third kappa shape index (κ3) is 3.32. The molecule has 0 aromatic carbocycles. The van der Waals surface area contributed by atoms with Crippen molar-refractivity contribution in [3.05, 3.63) is 47.9 Å². The summed E-state index contributed by atoms with van der Waals surface area (Å²) in [6.07, 6.45) is 14.9. The van der Waals surface area contributed by atoms with Crippen LogP contribution in [0.25, 0.3) is 0 Å². The van der Waals surface area contributed by atoms with Crippen molar-refractivity contribution in [2.45, 2.75) is 26.7 Å². The number of hydrogen-bond donors (Lipinski definition) is 1. The fraction of sp³-hybridized carbons (Fsp3) is 0.333. The average molecular weight is 175 g/mol. The molecule has 0 aromatic heterocycles. The van der Waals surface area contributed by atoms with Gasteiger partial charge < -0.3 is 5.32 Å². The van der Waals surface area contributed by atoms with Gasteiger partial charge in [0.05, 0.1) is 0 Å². The Labute approximate surface area is 80.5 Å². The van der Waals surface area contributed by atoms with Crippen LogP contribution >= 0.6 is 0 Å². The van der Waals surface area contributed by atoms with E-state index in [1.165, 1.54) is 11.4 Å². The summed E-state index contributed by atoms with van der Waals surface area (Å²) < 4.78 is 0. The summed E-state index contributed by atoms with van der Waals surface area (Å²) in [7, 11) is 0. The van der Waals surface area contributed by atoms with Crippen molar-refractivity contribution in [1.82, 2.24) is 5.32 Å². The fourth-order valence-corrected chi connectivity index (χ4v) is 1.28. The minimum absolute atomic E-state index is 1.12. The maximum atomic E-state index is 3.39. The molecule has 0 aliphatic heterocycles. The molecule has 0 spiro atoms. The summed E-state index contributed by atoms with van der Waals surface area (Å²) in [4.78, 5) is 0. The lowest BCUT2D eigenvalue weighted by molar-refractivity contribution is 0.849. The third-order valence-corrected chi connectivity index (χ3v) is 1.98. The zero-order valence-corrected chi connectivity index (χ0v) is 8.38. The Hall–Kier alpha value is -1.24. The van der Waals surface area contributed by atoms with Gasteiger partial charge in [-0.1, -0.05) is 24.3 Å². The molecule has 1 aliphatic carbocycles. The van der Waals surface area contributed by atoms with E-state index in [-0.39, 0.29) is 0 Å². The Bertz CT molecular complexity index is 267. The SMILES string of the molecule is C/C=C\C(=C/C)NC1=CC=CCC1. The van der Waals surface area contributed by atoms with Crippen molar-refractivity contribution in [1.29, 1.82) is 0 Å². The van der Waals surface area contributed by atoms with Crippen LogP contribution < -0.4 is 5.32 Å². The third-order valence-electron chi connectivity index (χ3n) is 1.98. The van der Waals surface area contributed by atoms with Crippen molar-refractivity contribution in [3.63, 3.8) is 0 Å². The van der Waals surface area contributed by atoms with Crippen LogP contribution in [0.15, 0.2) is 47.9 Å². The summed E-state index contributed by atoms with van der Waals surface area (Å²) in [5.74, 6) is 0. The molecular formula is C12H17N. The molecule has 0 atom stereocenters. The van der Waals surface area contributed by atoms with Crippen molar-refractivity contribution in [2.24, 2.45) is 0 Å². The van der Waals surface area contributed by atoms with Gasteiger partial charge in [0.1, 0.15) is 0 Å². The minimum Gasteiger partial charge on any atom is -0.359 e. The van der Waals surface area contributed by atoms with Gasteiger partial charge in [0.2, 0.25) is 0 Å². The molecule has 0 fully saturated rings. The van der Waals surface area contributed by atoms with Crippen LogP contribution in [-0.2, 0) is 0 Å². The number of rotatable bonds is 3. The molecule has 0 amide bonds. The molecule has 0 saturated carbocycles. The molecule has 1 N–H and O–H groups in total. The molecule has 1 heteroatoms. The van der Waals surface area contributed by atoms with Crippen molar-refractivity contribution in [3.8, 4) is 0 Å². The lowest BCUT2D eigenvalue weighted by Crippen LogP contribution is -2.11. The molecule has 0 bridgehead atoms. The van der Waals surface area contributed by atoms with E-state index >= 15 is 0 Å². The van der Waals surface area contributed by atoms with Gasteiger partial charge in [-0.25, -0.2) is 0 Å². The van der Waals surface area contributed by atoms with E-state index in [9.17, 15) is 0 Å². The smallest absolute Gasteiger partial charge is 0.0335 e. The average Bonchev–Trinajstić information content (AvgIpc) is 2.19.